The van der Waals surface area contributed by atoms with Crippen LogP contribution in [0.4, 0.5) is 5.82 Å². The van der Waals surface area contributed by atoms with E-state index in [-0.39, 0.29) is 5.91 Å². The van der Waals surface area contributed by atoms with E-state index in [2.05, 4.69) is 14.9 Å². The second kappa shape index (κ2) is 5.96. The third kappa shape index (κ3) is 2.71. The van der Waals surface area contributed by atoms with Gasteiger partial charge < -0.3 is 14.2 Å². The molecule has 0 spiro atoms. The van der Waals surface area contributed by atoms with Crippen molar-refractivity contribution < 1.29 is 4.79 Å². The molecule has 0 saturated carbocycles. The average Bonchev–Trinajstić information content (AvgIpc) is 3.05. The van der Waals surface area contributed by atoms with Crippen molar-refractivity contribution in [2.75, 3.05) is 31.1 Å². The fourth-order valence-corrected chi connectivity index (χ4v) is 3.03. The normalized spacial score (nSPS) is 15.0. The first-order valence-corrected chi connectivity index (χ1v) is 8.11. The summed E-state index contributed by atoms with van der Waals surface area (Å²) in [6.45, 7) is 4.96. The van der Waals surface area contributed by atoms with Gasteiger partial charge in [0.2, 0.25) is 0 Å². The Bertz CT molecular complexity index is 866. The van der Waals surface area contributed by atoms with Gasteiger partial charge in [0.1, 0.15) is 17.2 Å². The molecule has 0 atom stereocenters. The largest absolute Gasteiger partial charge is 0.353 e. The summed E-state index contributed by atoms with van der Waals surface area (Å²) < 4.78 is 1.89. The molecule has 0 bridgehead atoms. The Morgan fingerprint density at radius 3 is 2.71 bits per heavy atom. The Hall–Kier alpha value is -2.89. The van der Waals surface area contributed by atoms with E-state index >= 15 is 0 Å². The maximum absolute atomic E-state index is 12.7. The molecule has 1 fully saturated rings. The Balaban J connectivity index is 1.47. The first-order valence-electron chi connectivity index (χ1n) is 8.11. The lowest BCUT2D eigenvalue weighted by molar-refractivity contribution is 0.0741. The third-order valence-electron chi connectivity index (χ3n) is 4.37. The highest BCUT2D eigenvalue weighted by atomic mass is 16.2. The number of pyridine rings is 2. The minimum absolute atomic E-state index is 0.00276. The van der Waals surface area contributed by atoms with Gasteiger partial charge in [-0.05, 0) is 36.8 Å². The molecule has 6 heteroatoms. The first-order chi connectivity index (χ1) is 11.7. The molecule has 6 nitrogen and oxygen atoms in total. The molecule has 1 saturated heterocycles. The van der Waals surface area contributed by atoms with Crippen molar-refractivity contribution in [2.45, 2.75) is 6.92 Å². The zero-order valence-electron chi connectivity index (χ0n) is 13.6. The number of aryl methyl sites for hydroxylation is 1. The fourth-order valence-electron chi connectivity index (χ4n) is 3.03. The van der Waals surface area contributed by atoms with Crippen molar-refractivity contribution in [3.05, 3.63) is 60.2 Å². The first kappa shape index (κ1) is 14.7. The number of anilines is 1. The molecule has 0 radical (unpaired) electrons. The molecule has 1 aliphatic heterocycles. The second-order valence-electron chi connectivity index (χ2n) is 6.06. The predicted molar refractivity (Wildman–Crippen MR) is 92.3 cm³/mol. The summed E-state index contributed by atoms with van der Waals surface area (Å²) in [5.41, 5.74) is 2.45. The summed E-state index contributed by atoms with van der Waals surface area (Å²) >= 11 is 0. The van der Waals surface area contributed by atoms with Gasteiger partial charge in [-0.25, -0.2) is 9.97 Å². The molecule has 24 heavy (non-hydrogen) atoms. The van der Waals surface area contributed by atoms with Crippen LogP contribution in [-0.4, -0.2) is 51.4 Å². The molecule has 3 aromatic rings. The minimum atomic E-state index is -0.00276. The van der Waals surface area contributed by atoms with Crippen LogP contribution in [-0.2, 0) is 0 Å². The topological polar surface area (TPSA) is 53.7 Å². The molecule has 1 amide bonds. The summed E-state index contributed by atoms with van der Waals surface area (Å²) in [5.74, 6) is 0.963. The van der Waals surface area contributed by atoms with E-state index in [0.29, 0.717) is 18.8 Å². The van der Waals surface area contributed by atoms with Gasteiger partial charge in [-0.1, -0.05) is 6.07 Å². The molecule has 0 aliphatic carbocycles. The van der Waals surface area contributed by atoms with Crippen molar-refractivity contribution in [2.24, 2.45) is 0 Å². The lowest BCUT2D eigenvalue weighted by Crippen LogP contribution is -2.49. The highest BCUT2D eigenvalue weighted by molar-refractivity contribution is 5.93. The van der Waals surface area contributed by atoms with Crippen LogP contribution in [0.15, 0.2) is 48.9 Å². The number of piperazine rings is 1. The quantitative estimate of drug-likeness (QED) is 0.724. The summed E-state index contributed by atoms with van der Waals surface area (Å²) in [5, 5.41) is 0. The molecule has 4 heterocycles. The lowest BCUT2D eigenvalue weighted by atomic mass is 10.2. The van der Waals surface area contributed by atoms with Crippen molar-refractivity contribution in [1.29, 1.82) is 0 Å². The number of hydrogen-bond donors (Lipinski definition) is 0. The molecule has 122 valence electrons. The van der Waals surface area contributed by atoms with Crippen molar-refractivity contribution >= 4 is 17.4 Å². The van der Waals surface area contributed by atoms with Crippen LogP contribution in [0.1, 0.15) is 16.1 Å². The highest BCUT2D eigenvalue weighted by Gasteiger charge is 2.24. The Morgan fingerprint density at radius 2 is 1.96 bits per heavy atom. The standard InChI is InChI=1S/C18H19N5O/c1-14-5-7-23-13-15(20-17(23)12-14)18(24)22-10-8-21(9-11-22)16-4-2-3-6-19-16/h2-7,12-13H,8-11H2,1H3. The Labute approximate surface area is 140 Å². The van der Waals surface area contributed by atoms with Crippen molar-refractivity contribution in [1.82, 2.24) is 19.3 Å². The van der Waals surface area contributed by atoms with Crippen LogP contribution >= 0.6 is 0 Å². The molecule has 3 aromatic heterocycles. The third-order valence-corrected chi connectivity index (χ3v) is 4.37. The van der Waals surface area contributed by atoms with Crippen LogP contribution in [0.25, 0.3) is 5.65 Å². The minimum Gasteiger partial charge on any atom is -0.353 e. The molecular formula is C18H19N5O. The SMILES string of the molecule is Cc1ccn2cc(C(=O)N3CCN(c4ccccn4)CC3)nc2c1. The maximum atomic E-state index is 12.7. The van der Waals surface area contributed by atoms with Crippen molar-refractivity contribution in [3.8, 4) is 0 Å². The van der Waals surface area contributed by atoms with Gasteiger partial charge in [-0.3, -0.25) is 4.79 Å². The number of amides is 1. The van der Waals surface area contributed by atoms with Gasteiger partial charge in [0.25, 0.3) is 5.91 Å². The number of fused-ring (bicyclic) bond motifs is 1. The molecule has 1 aliphatic rings. The number of carbonyl (C=O) groups is 1. The highest BCUT2D eigenvalue weighted by Crippen LogP contribution is 2.15. The smallest absolute Gasteiger partial charge is 0.274 e. The van der Waals surface area contributed by atoms with Gasteiger partial charge in [-0.2, -0.15) is 0 Å². The van der Waals surface area contributed by atoms with E-state index in [0.717, 1.165) is 30.1 Å². The van der Waals surface area contributed by atoms with Crippen LogP contribution in [0.5, 0.6) is 0 Å². The number of rotatable bonds is 2. The van der Waals surface area contributed by atoms with E-state index in [9.17, 15) is 4.79 Å². The Morgan fingerprint density at radius 1 is 1.12 bits per heavy atom. The summed E-state index contributed by atoms with van der Waals surface area (Å²) in [6.07, 6.45) is 5.54. The number of imidazole rings is 1. The molecular weight excluding hydrogens is 302 g/mol. The van der Waals surface area contributed by atoms with E-state index < -0.39 is 0 Å². The van der Waals surface area contributed by atoms with Crippen molar-refractivity contribution in [3.63, 3.8) is 0 Å². The summed E-state index contributed by atoms with van der Waals surface area (Å²) in [7, 11) is 0. The van der Waals surface area contributed by atoms with Crippen LogP contribution in [0, 0.1) is 6.92 Å². The molecule has 0 N–H and O–H groups in total. The van der Waals surface area contributed by atoms with Crippen LogP contribution in [0.3, 0.4) is 0 Å². The van der Waals surface area contributed by atoms with Gasteiger partial charge in [0, 0.05) is 44.8 Å². The van der Waals surface area contributed by atoms with Gasteiger partial charge in [0.15, 0.2) is 0 Å². The van der Waals surface area contributed by atoms with E-state index in [1.807, 2.05) is 58.9 Å². The Kier molecular flexibility index (Phi) is 3.65. The lowest BCUT2D eigenvalue weighted by Gasteiger charge is -2.35. The number of hydrogen-bond acceptors (Lipinski definition) is 4. The number of nitrogens with zero attached hydrogens (tertiary/aromatic N) is 5. The second-order valence-corrected chi connectivity index (χ2v) is 6.06. The average molecular weight is 321 g/mol. The zero-order chi connectivity index (χ0) is 16.5. The molecule has 0 unspecified atom stereocenters. The maximum Gasteiger partial charge on any atom is 0.274 e. The molecule has 4 rings (SSSR count). The fraction of sp³-hybridized carbons (Fsp3) is 0.278. The monoisotopic (exact) mass is 321 g/mol. The van der Waals surface area contributed by atoms with Crippen LogP contribution < -0.4 is 4.90 Å². The molecule has 0 aromatic carbocycles. The van der Waals surface area contributed by atoms with E-state index in [1.54, 1.807) is 6.20 Å². The van der Waals surface area contributed by atoms with Gasteiger partial charge in [-0.15, -0.1) is 0 Å². The number of aromatic nitrogens is 3. The zero-order valence-corrected chi connectivity index (χ0v) is 13.6. The van der Waals surface area contributed by atoms with E-state index in [1.165, 1.54) is 0 Å². The summed E-state index contributed by atoms with van der Waals surface area (Å²) in [4.78, 5) is 25.6. The number of carbonyl (C=O) groups excluding carboxylic acids is 1. The van der Waals surface area contributed by atoms with Gasteiger partial charge in [0.05, 0.1) is 0 Å². The van der Waals surface area contributed by atoms with E-state index in [4.69, 9.17) is 0 Å². The van der Waals surface area contributed by atoms with Gasteiger partial charge >= 0.3 is 0 Å². The predicted octanol–water partition coefficient (Wildman–Crippen LogP) is 2.00. The van der Waals surface area contributed by atoms with Crippen LogP contribution in [0.2, 0.25) is 0 Å². The summed E-state index contributed by atoms with van der Waals surface area (Å²) in [6, 6.07) is 9.89.